The lowest BCUT2D eigenvalue weighted by Crippen LogP contribution is -2.52. The highest BCUT2D eigenvalue weighted by Gasteiger charge is 2.21. The molecule has 0 unspecified atom stereocenters. The van der Waals surface area contributed by atoms with Crippen LogP contribution < -0.4 is 10.2 Å². The van der Waals surface area contributed by atoms with Gasteiger partial charge in [0.2, 0.25) is 5.13 Å². The first kappa shape index (κ1) is 19.4. The highest BCUT2D eigenvalue weighted by molar-refractivity contribution is 7.09. The third kappa shape index (κ3) is 5.84. The Balaban J connectivity index is 1.71. The Morgan fingerprint density at radius 2 is 2.08 bits per heavy atom. The topological polar surface area (TPSA) is 83.0 Å². The summed E-state index contributed by atoms with van der Waals surface area (Å²) in [5.41, 5.74) is 0. The molecular weight excluding hydrogens is 340 g/mol. The Kier molecular flexibility index (Phi) is 7.90. The van der Waals surface area contributed by atoms with Gasteiger partial charge in [0, 0.05) is 64.1 Å². The summed E-state index contributed by atoms with van der Waals surface area (Å²) in [6.45, 7) is 6.53. The molecule has 1 aliphatic heterocycles. The molecule has 1 fully saturated rings. The number of carbonyl (C=O) groups excluding carboxylic acids is 1. The van der Waals surface area contributed by atoms with E-state index in [2.05, 4.69) is 41.1 Å². The van der Waals surface area contributed by atoms with Crippen LogP contribution in [0.25, 0.3) is 0 Å². The van der Waals surface area contributed by atoms with Crippen molar-refractivity contribution >= 4 is 28.6 Å². The van der Waals surface area contributed by atoms with Crippen LogP contribution in [0.3, 0.4) is 0 Å². The first-order valence-electron chi connectivity index (χ1n) is 8.77. The van der Waals surface area contributed by atoms with E-state index in [0.29, 0.717) is 6.42 Å². The highest BCUT2D eigenvalue weighted by Crippen LogP contribution is 2.19. The van der Waals surface area contributed by atoms with E-state index in [1.807, 2.05) is 0 Å². The van der Waals surface area contributed by atoms with Crippen molar-refractivity contribution < 1.29 is 9.53 Å². The number of anilines is 1. The van der Waals surface area contributed by atoms with Crippen molar-refractivity contribution in [1.29, 1.82) is 0 Å². The molecule has 140 valence electrons. The molecule has 1 aliphatic rings. The molecule has 0 aromatic carbocycles. The third-order valence-electron chi connectivity index (χ3n) is 4.15. The van der Waals surface area contributed by atoms with Crippen molar-refractivity contribution in [3.8, 4) is 0 Å². The summed E-state index contributed by atoms with van der Waals surface area (Å²) in [5.74, 6) is 1.69. The molecule has 1 aromatic heterocycles. The Labute approximate surface area is 153 Å². The van der Waals surface area contributed by atoms with Crippen molar-refractivity contribution in [2.75, 3.05) is 51.8 Å². The van der Waals surface area contributed by atoms with E-state index in [1.54, 1.807) is 7.05 Å². The lowest BCUT2D eigenvalue weighted by Gasteiger charge is -2.36. The van der Waals surface area contributed by atoms with Crippen LogP contribution in [0.2, 0.25) is 0 Å². The van der Waals surface area contributed by atoms with Crippen LogP contribution in [0, 0.1) is 0 Å². The molecule has 0 saturated carbocycles. The van der Waals surface area contributed by atoms with Gasteiger partial charge in [0.25, 0.3) is 0 Å². The molecule has 8 nitrogen and oxygen atoms in total. The summed E-state index contributed by atoms with van der Waals surface area (Å²) >= 11 is 1.48. The Bertz CT molecular complexity index is 569. The van der Waals surface area contributed by atoms with Crippen molar-refractivity contribution in [2.24, 2.45) is 4.99 Å². The minimum atomic E-state index is -0.150. The summed E-state index contributed by atoms with van der Waals surface area (Å²) < 4.78 is 9.01. The lowest BCUT2D eigenvalue weighted by atomic mass is 10.2. The van der Waals surface area contributed by atoms with Gasteiger partial charge in [0.1, 0.15) is 5.82 Å². The number of hydrogen-bond donors (Lipinski definition) is 1. The molecule has 2 heterocycles. The zero-order chi connectivity index (χ0) is 18.1. The van der Waals surface area contributed by atoms with Crippen LogP contribution in [0.5, 0.6) is 0 Å². The minimum absolute atomic E-state index is 0.150. The average Bonchev–Trinajstić information content (AvgIpc) is 3.14. The number of esters is 1. The number of hydrogen-bond acceptors (Lipinski definition) is 7. The predicted molar refractivity (Wildman–Crippen MR) is 100 cm³/mol. The van der Waals surface area contributed by atoms with Crippen molar-refractivity contribution in [1.82, 2.24) is 19.6 Å². The van der Waals surface area contributed by atoms with Crippen LogP contribution in [0.1, 0.15) is 32.0 Å². The molecule has 25 heavy (non-hydrogen) atoms. The number of aliphatic imine (C=N–C) groups is 1. The molecule has 9 heteroatoms. The van der Waals surface area contributed by atoms with Crippen molar-refractivity contribution in [2.45, 2.75) is 32.6 Å². The van der Waals surface area contributed by atoms with Crippen LogP contribution in [0.4, 0.5) is 5.13 Å². The maximum absolute atomic E-state index is 11.1. The summed E-state index contributed by atoms with van der Waals surface area (Å²) in [5, 5.41) is 4.39. The number of guanidine groups is 1. The zero-order valence-electron chi connectivity index (χ0n) is 15.3. The van der Waals surface area contributed by atoms with Crippen LogP contribution >= 0.6 is 11.5 Å². The van der Waals surface area contributed by atoms with Crippen LogP contribution in [-0.2, 0) is 16.0 Å². The van der Waals surface area contributed by atoms with Gasteiger partial charge in [-0.3, -0.25) is 9.79 Å². The smallest absolute Gasteiger partial charge is 0.305 e. The summed E-state index contributed by atoms with van der Waals surface area (Å²) in [4.78, 5) is 24.6. The lowest BCUT2D eigenvalue weighted by molar-refractivity contribution is -0.140. The highest BCUT2D eigenvalue weighted by atomic mass is 32.1. The zero-order valence-corrected chi connectivity index (χ0v) is 16.1. The van der Waals surface area contributed by atoms with Crippen LogP contribution in [-0.4, -0.2) is 73.1 Å². The van der Waals surface area contributed by atoms with E-state index in [9.17, 15) is 4.79 Å². The van der Waals surface area contributed by atoms with Gasteiger partial charge >= 0.3 is 5.97 Å². The average molecular weight is 369 g/mol. The molecule has 0 atom stereocenters. The van der Waals surface area contributed by atoms with Gasteiger partial charge in [-0.05, 0) is 12.8 Å². The minimum Gasteiger partial charge on any atom is -0.469 e. The normalized spacial score (nSPS) is 15.4. The molecule has 0 amide bonds. The fourth-order valence-electron chi connectivity index (χ4n) is 2.66. The number of nitrogens with zero attached hydrogens (tertiary/aromatic N) is 5. The second kappa shape index (κ2) is 10.2. The van der Waals surface area contributed by atoms with Crippen molar-refractivity contribution in [3.63, 3.8) is 0 Å². The van der Waals surface area contributed by atoms with E-state index in [4.69, 9.17) is 0 Å². The van der Waals surface area contributed by atoms with Gasteiger partial charge in [0.05, 0.1) is 7.11 Å². The Morgan fingerprint density at radius 1 is 1.32 bits per heavy atom. The molecule has 0 spiro atoms. The first-order valence-corrected chi connectivity index (χ1v) is 9.55. The van der Waals surface area contributed by atoms with E-state index in [0.717, 1.165) is 68.9 Å². The van der Waals surface area contributed by atoms with Gasteiger partial charge in [0.15, 0.2) is 5.96 Å². The number of unbranched alkanes of at least 4 members (excludes halogenated alkanes) is 1. The molecule has 0 radical (unpaired) electrons. The summed E-state index contributed by atoms with van der Waals surface area (Å²) in [6, 6.07) is 0. The molecule has 0 bridgehead atoms. The molecule has 1 N–H and O–H groups in total. The largest absolute Gasteiger partial charge is 0.469 e. The Morgan fingerprint density at radius 3 is 2.68 bits per heavy atom. The molecular formula is C16H28N6O2S. The van der Waals surface area contributed by atoms with Gasteiger partial charge in [-0.15, -0.1) is 0 Å². The number of piperazine rings is 1. The van der Waals surface area contributed by atoms with Gasteiger partial charge in [-0.1, -0.05) is 6.92 Å². The summed E-state index contributed by atoms with van der Waals surface area (Å²) in [6.07, 6.45) is 3.08. The van der Waals surface area contributed by atoms with Crippen molar-refractivity contribution in [3.05, 3.63) is 5.82 Å². The standard InChI is InChI=1S/C16H28N6O2S/c1-4-13-19-16(25-20-13)22-11-9-21(10-12-22)15(17-2)18-8-6-5-7-14(23)24-3/h4-12H2,1-3H3,(H,17,18). The third-order valence-corrected chi connectivity index (χ3v) is 4.97. The van der Waals surface area contributed by atoms with E-state index < -0.39 is 0 Å². The number of aryl methyl sites for hydroxylation is 1. The SMILES string of the molecule is CCc1nsc(N2CCN(C(=NC)NCCCCC(=O)OC)CC2)n1. The van der Waals surface area contributed by atoms with Gasteiger partial charge in [-0.2, -0.15) is 4.37 Å². The molecule has 1 aromatic rings. The second-order valence-corrected chi connectivity index (χ2v) is 6.56. The van der Waals surface area contributed by atoms with E-state index in [1.165, 1.54) is 18.6 Å². The maximum Gasteiger partial charge on any atom is 0.305 e. The molecule has 1 saturated heterocycles. The second-order valence-electron chi connectivity index (χ2n) is 5.83. The molecule has 2 rings (SSSR count). The van der Waals surface area contributed by atoms with Crippen LogP contribution in [0.15, 0.2) is 4.99 Å². The fraction of sp³-hybridized carbons (Fsp3) is 0.750. The molecule has 0 aliphatic carbocycles. The van der Waals surface area contributed by atoms with Gasteiger partial charge < -0.3 is 19.9 Å². The predicted octanol–water partition coefficient (Wildman–Crippen LogP) is 1.14. The fourth-order valence-corrected chi connectivity index (χ4v) is 3.46. The maximum atomic E-state index is 11.1. The number of rotatable bonds is 7. The number of carbonyl (C=O) groups is 1. The Hall–Kier alpha value is -1.90. The summed E-state index contributed by atoms with van der Waals surface area (Å²) in [7, 11) is 3.23. The van der Waals surface area contributed by atoms with E-state index in [-0.39, 0.29) is 5.97 Å². The van der Waals surface area contributed by atoms with Gasteiger partial charge in [-0.25, -0.2) is 4.98 Å². The van der Waals surface area contributed by atoms with E-state index >= 15 is 0 Å². The number of methoxy groups -OCH3 is 1. The monoisotopic (exact) mass is 368 g/mol. The first-order chi connectivity index (χ1) is 12.2. The quantitative estimate of drug-likeness (QED) is 0.334. The number of nitrogens with one attached hydrogen (secondary N) is 1. The number of aromatic nitrogens is 2. The number of ether oxygens (including phenoxy) is 1.